The van der Waals surface area contributed by atoms with Crippen LogP contribution in [0.3, 0.4) is 0 Å². The summed E-state index contributed by atoms with van der Waals surface area (Å²) in [5.74, 6) is 0. The Balaban J connectivity index is 2.39. The summed E-state index contributed by atoms with van der Waals surface area (Å²) in [6.45, 7) is 6.59. The van der Waals surface area contributed by atoms with Crippen molar-refractivity contribution in [2.75, 3.05) is 26.3 Å². The van der Waals surface area contributed by atoms with Gasteiger partial charge in [0.25, 0.3) is 0 Å². The Labute approximate surface area is 73.7 Å². The lowest BCUT2D eigenvalue weighted by atomic mass is 10.5. The van der Waals surface area contributed by atoms with Crippen LogP contribution >= 0.6 is 0 Å². The van der Waals surface area contributed by atoms with E-state index in [1.807, 2.05) is 13.1 Å². The highest BCUT2D eigenvalue weighted by atomic mass is 28.4. The summed E-state index contributed by atoms with van der Waals surface area (Å²) in [6, 6.07) is 0. The summed E-state index contributed by atoms with van der Waals surface area (Å²) in [6.07, 6.45) is 0.840. The number of hydrogen-bond donors (Lipinski definition) is 0. The van der Waals surface area contributed by atoms with Crippen molar-refractivity contribution in [1.82, 2.24) is 4.90 Å². The smallest absolute Gasteiger partial charge is 0.331 e. The minimum absolute atomic E-state index is 0.595. The zero-order valence-corrected chi connectivity index (χ0v) is 8.58. The van der Waals surface area contributed by atoms with Crippen LogP contribution < -0.4 is 0 Å². The molecule has 1 amide bonds. The van der Waals surface area contributed by atoms with E-state index in [0.717, 1.165) is 6.41 Å². The van der Waals surface area contributed by atoms with E-state index in [1.54, 1.807) is 4.90 Å². The molecule has 4 nitrogen and oxygen atoms in total. The summed E-state index contributed by atoms with van der Waals surface area (Å²) >= 11 is 0. The topological polar surface area (TPSA) is 38.8 Å². The lowest BCUT2D eigenvalue weighted by Gasteiger charge is -2.29. The lowest BCUT2D eigenvalue weighted by molar-refractivity contribution is -0.119. The molecule has 1 saturated heterocycles. The Morgan fingerprint density at radius 3 is 2.17 bits per heavy atom. The molecule has 0 unspecified atom stereocenters. The molecule has 1 rings (SSSR count). The maximum absolute atomic E-state index is 10.4. The predicted molar refractivity (Wildman–Crippen MR) is 47.0 cm³/mol. The Kier molecular flexibility index (Phi) is 3.25. The van der Waals surface area contributed by atoms with Crippen molar-refractivity contribution >= 4 is 15.0 Å². The van der Waals surface area contributed by atoms with E-state index in [0.29, 0.717) is 26.3 Å². The van der Waals surface area contributed by atoms with E-state index in [2.05, 4.69) is 0 Å². The van der Waals surface area contributed by atoms with Gasteiger partial charge in [-0.05, 0) is 13.1 Å². The van der Waals surface area contributed by atoms with Gasteiger partial charge in [-0.3, -0.25) is 4.79 Å². The van der Waals surface area contributed by atoms with Crippen molar-refractivity contribution in [3.63, 3.8) is 0 Å². The molecule has 1 heterocycles. The second-order valence-electron chi connectivity index (χ2n) is 3.24. The fourth-order valence-corrected chi connectivity index (χ4v) is 2.33. The van der Waals surface area contributed by atoms with E-state index in [-0.39, 0.29) is 0 Å². The summed E-state index contributed by atoms with van der Waals surface area (Å²) < 4.78 is 11.0. The molecule has 0 radical (unpaired) electrons. The highest BCUT2D eigenvalue weighted by Crippen LogP contribution is 2.08. The monoisotopic (exact) mass is 189 g/mol. The molecule has 1 fully saturated rings. The molecule has 0 aromatic carbocycles. The Morgan fingerprint density at radius 1 is 1.25 bits per heavy atom. The van der Waals surface area contributed by atoms with Crippen LogP contribution in [0.4, 0.5) is 0 Å². The third-order valence-electron chi connectivity index (χ3n) is 1.81. The highest BCUT2D eigenvalue weighted by Gasteiger charge is 2.26. The minimum Gasteiger partial charge on any atom is -0.393 e. The van der Waals surface area contributed by atoms with Gasteiger partial charge < -0.3 is 13.8 Å². The van der Waals surface area contributed by atoms with Gasteiger partial charge in [0, 0.05) is 13.1 Å². The Bertz CT molecular complexity index is 151. The molecule has 1 aliphatic heterocycles. The predicted octanol–water partition coefficient (Wildman–Crippen LogP) is 0.193. The molecule has 0 aliphatic carbocycles. The maximum atomic E-state index is 10.4. The van der Waals surface area contributed by atoms with Gasteiger partial charge in [0.05, 0.1) is 13.2 Å². The molecule has 0 bridgehead atoms. The Hall–Kier alpha value is -0.393. The van der Waals surface area contributed by atoms with Gasteiger partial charge in [0.2, 0.25) is 6.41 Å². The summed E-state index contributed by atoms with van der Waals surface area (Å²) in [5.41, 5.74) is 0. The van der Waals surface area contributed by atoms with Crippen LogP contribution in [0, 0.1) is 0 Å². The number of nitrogens with zero attached hydrogens (tertiary/aromatic N) is 1. The second kappa shape index (κ2) is 4.02. The zero-order chi connectivity index (χ0) is 9.03. The molecular formula is C7H15NO3Si. The molecule has 0 atom stereocenters. The zero-order valence-electron chi connectivity index (χ0n) is 7.58. The molecule has 5 heteroatoms. The highest BCUT2D eigenvalue weighted by molar-refractivity contribution is 6.64. The van der Waals surface area contributed by atoms with Crippen LogP contribution in [0.1, 0.15) is 0 Å². The first-order chi connectivity index (χ1) is 5.64. The van der Waals surface area contributed by atoms with Gasteiger partial charge in [0.15, 0.2) is 0 Å². The SMILES string of the molecule is C[Si]1(C)OCCN(C=O)CCO1. The number of rotatable bonds is 1. The third-order valence-corrected chi connectivity index (χ3v) is 3.60. The number of hydrogen-bond acceptors (Lipinski definition) is 3. The van der Waals surface area contributed by atoms with E-state index in [1.165, 1.54) is 0 Å². The average Bonchev–Trinajstić information content (AvgIpc) is 1.97. The van der Waals surface area contributed by atoms with Crippen molar-refractivity contribution in [3.05, 3.63) is 0 Å². The van der Waals surface area contributed by atoms with Gasteiger partial charge in [-0.15, -0.1) is 0 Å². The minimum atomic E-state index is -1.86. The first kappa shape index (κ1) is 9.69. The van der Waals surface area contributed by atoms with Crippen LogP contribution in [0.2, 0.25) is 13.1 Å². The van der Waals surface area contributed by atoms with Crippen LogP contribution in [0.15, 0.2) is 0 Å². The van der Waals surface area contributed by atoms with Gasteiger partial charge in [-0.1, -0.05) is 0 Å². The van der Waals surface area contributed by atoms with Crippen molar-refractivity contribution in [2.24, 2.45) is 0 Å². The molecule has 0 spiro atoms. The lowest BCUT2D eigenvalue weighted by Crippen LogP contribution is -2.43. The van der Waals surface area contributed by atoms with Gasteiger partial charge in [-0.25, -0.2) is 0 Å². The van der Waals surface area contributed by atoms with Crippen LogP contribution in [0.25, 0.3) is 0 Å². The molecule has 12 heavy (non-hydrogen) atoms. The third kappa shape index (κ3) is 2.92. The van der Waals surface area contributed by atoms with Crippen LogP contribution in [-0.4, -0.2) is 46.2 Å². The molecule has 0 aromatic rings. The standard InChI is InChI=1S/C7H15NO3Si/c1-12(2)10-5-3-8(7-9)4-6-11-12/h7H,3-6H2,1-2H3. The van der Waals surface area contributed by atoms with E-state index in [4.69, 9.17) is 8.85 Å². The first-order valence-electron chi connectivity index (χ1n) is 4.11. The van der Waals surface area contributed by atoms with Gasteiger partial charge >= 0.3 is 8.56 Å². The second-order valence-corrected chi connectivity index (χ2v) is 6.62. The largest absolute Gasteiger partial charge is 0.393 e. The fourth-order valence-electron chi connectivity index (χ4n) is 1.08. The van der Waals surface area contributed by atoms with Crippen LogP contribution in [0.5, 0.6) is 0 Å². The quantitative estimate of drug-likeness (QED) is 0.437. The van der Waals surface area contributed by atoms with Gasteiger partial charge in [-0.2, -0.15) is 0 Å². The Morgan fingerprint density at radius 2 is 1.75 bits per heavy atom. The summed E-state index contributed by atoms with van der Waals surface area (Å²) in [5, 5.41) is 0. The van der Waals surface area contributed by atoms with Crippen LogP contribution in [-0.2, 0) is 13.6 Å². The average molecular weight is 189 g/mol. The molecule has 70 valence electrons. The van der Waals surface area contributed by atoms with E-state index < -0.39 is 8.56 Å². The molecule has 1 aliphatic rings. The van der Waals surface area contributed by atoms with E-state index >= 15 is 0 Å². The fraction of sp³-hybridized carbons (Fsp3) is 0.857. The summed E-state index contributed by atoms with van der Waals surface area (Å²) in [7, 11) is -1.86. The van der Waals surface area contributed by atoms with Crippen molar-refractivity contribution < 1.29 is 13.6 Å². The summed E-state index contributed by atoms with van der Waals surface area (Å²) in [4.78, 5) is 12.1. The number of carbonyl (C=O) groups excluding carboxylic acids is 1. The maximum Gasteiger partial charge on any atom is 0.331 e. The molecule has 0 saturated carbocycles. The van der Waals surface area contributed by atoms with Gasteiger partial charge in [0.1, 0.15) is 0 Å². The van der Waals surface area contributed by atoms with Crippen molar-refractivity contribution in [1.29, 1.82) is 0 Å². The van der Waals surface area contributed by atoms with Crippen molar-refractivity contribution in [3.8, 4) is 0 Å². The number of amides is 1. The number of carbonyl (C=O) groups is 1. The normalized spacial score (nSPS) is 24.3. The molecule has 0 N–H and O–H groups in total. The van der Waals surface area contributed by atoms with Crippen molar-refractivity contribution in [2.45, 2.75) is 13.1 Å². The molecule has 0 aromatic heterocycles. The first-order valence-corrected chi connectivity index (χ1v) is 6.93. The molecular weight excluding hydrogens is 174 g/mol. The van der Waals surface area contributed by atoms with E-state index in [9.17, 15) is 4.79 Å².